The highest BCUT2D eigenvalue weighted by atomic mass is 16.5. The Morgan fingerprint density at radius 2 is 1.25 bits per heavy atom. The van der Waals surface area contributed by atoms with Crippen molar-refractivity contribution in [3.8, 4) is 16.9 Å². The molecule has 0 radical (unpaired) electrons. The van der Waals surface area contributed by atoms with Crippen LogP contribution in [0, 0.1) is 0 Å². The van der Waals surface area contributed by atoms with Crippen molar-refractivity contribution in [1.29, 1.82) is 0 Å². The fourth-order valence-corrected chi connectivity index (χ4v) is 2.89. The number of nitrogens with two attached hydrogens (primary N) is 1. The van der Waals surface area contributed by atoms with Gasteiger partial charge < -0.3 is 10.5 Å². The molecule has 0 aromatic heterocycles. The Balaban J connectivity index is 1.60. The summed E-state index contributed by atoms with van der Waals surface area (Å²) in [6, 6.07) is 18.8. The van der Waals surface area contributed by atoms with Crippen molar-refractivity contribution in [1.82, 2.24) is 0 Å². The molecule has 0 heterocycles. The maximum atomic E-state index is 5.91. The fourth-order valence-electron chi connectivity index (χ4n) is 2.89. The molecule has 0 saturated heterocycles. The summed E-state index contributed by atoms with van der Waals surface area (Å²) >= 11 is 0. The van der Waals surface area contributed by atoms with Gasteiger partial charge in [-0.3, -0.25) is 0 Å². The molecule has 0 aliphatic heterocycles. The monoisotopic (exact) mass is 325 g/mol. The van der Waals surface area contributed by atoms with Crippen LogP contribution < -0.4 is 10.5 Å². The zero-order valence-corrected chi connectivity index (χ0v) is 14.8. The molecule has 0 bridgehead atoms. The van der Waals surface area contributed by atoms with Gasteiger partial charge >= 0.3 is 0 Å². The van der Waals surface area contributed by atoms with Gasteiger partial charge in [-0.1, -0.05) is 81.0 Å². The number of rotatable bonds is 12. The topological polar surface area (TPSA) is 35.2 Å². The Labute approximate surface area is 147 Å². The SMILES string of the molecule is NCCCCCCCCCCOc1cccc(-c2ccccc2)c1. The first-order valence-corrected chi connectivity index (χ1v) is 9.38. The van der Waals surface area contributed by atoms with Crippen molar-refractivity contribution in [2.45, 2.75) is 51.4 Å². The summed E-state index contributed by atoms with van der Waals surface area (Å²) in [5.41, 5.74) is 7.95. The smallest absolute Gasteiger partial charge is 0.119 e. The van der Waals surface area contributed by atoms with Gasteiger partial charge in [0.2, 0.25) is 0 Å². The van der Waals surface area contributed by atoms with E-state index in [1.165, 1.54) is 56.1 Å². The van der Waals surface area contributed by atoms with Crippen LogP contribution in [0.5, 0.6) is 5.75 Å². The lowest BCUT2D eigenvalue weighted by atomic mass is 10.1. The van der Waals surface area contributed by atoms with E-state index in [4.69, 9.17) is 10.5 Å². The van der Waals surface area contributed by atoms with E-state index in [1.807, 2.05) is 12.1 Å². The summed E-state index contributed by atoms with van der Waals surface area (Å²) in [7, 11) is 0. The summed E-state index contributed by atoms with van der Waals surface area (Å²) in [5.74, 6) is 0.970. The predicted octanol–water partition coefficient (Wildman–Crippen LogP) is 5.81. The Kier molecular flexibility index (Phi) is 9.03. The third kappa shape index (κ3) is 7.18. The second-order valence-electron chi connectivity index (χ2n) is 6.36. The Morgan fingerprint density at radius 1 is 0.625 bits per heavy atom. The van der Waals surface area contributed by atoms with Gasteiger partial charge in [0.05, 0.1) is 6.61 Å². The van der Waals surface area contributed by atoms with Crippen LogP contribution in [0.3, 0.4) is 0 Å². The first kappa shape index (κ1) is 18.5. The van der Waals surface area contributed by atoms with E-state index in [1.54, 1.807) is 0 Å². The second-order valence-corrected chi connectivity index (χ2v) is 6.36. The van der Waals surface area contributed by atoms with Gasteiger partial charge in [0.1, 0.15) is 5.75 Å². The molecule has 0 aliphatic rings. The van der Waals surface area contributed by atoms with E-state index in [0.29, 0.717) is 0 Å². The van der Waals surface area contributed by atoms with Crippen LogP contribution in [-0.2, 0) is 0 Å². The largest absolute Gasteiger partial charge is 0.494 e. The highest BCUT2D eigenvalue weighted by Crippen LogP contribution is 2.23. The number of hydrogen-bond acceptors (Lipinski definition) is 2. The molecule has 0 spiro atoms. The van der Waals surface area contributed by atoms with Crippen molar-refractivity contribution in [3.63, 3.8) is 0 Å². The molecule has 2 aromatic carbocycles. The zero-order valence-electron chi connectivity index (χ0n) is 14.8. The highest BCUT2D eigenvalue weighted by molar-refractivity contribution is 5.64. The molecule has 24 heavy (non-hydrogen) atoms. The van der Waals surface area contributed by atoms with E-state index < -0.39 is 0 Å². The van der Waals surface area contributed by atoms with Gasteiger partial charge in [0, 0.05) is 0 Å². The van der Waals surface area contributed by atoms with E-state index in [2.05, 4.69) is 42.5 Å². The normalized spacial score (nSPS) is 10.7. The average Bonchev–Trinajstić information content (AvgIpc) is 2.64. The molecule has 0 amide bonds. The molecule has 2 heteroatoms. The Bertz CT molecular complexity index is 553. The lowest BCUT2D eigenvalue weighted by Crippen LogP contribution is -1.98. The fraction of sp³-hybridized carbons (Fsp3) is 0.455. The lowest BCUT2D eigenvalue weighted by molar-refractivity contribution is 0.304. The Morgan fingerprint density at radius 3 is 1.96 bits per heavy atom. The van der Waals surface area contributed by atoms with E-state index in [9.17, 15) is 0 Å². The average molecular weight is 325 g/mol. The number of benzene rings is 2. The maximum absolute atomic E-state index is 5.91. The van der Waals surface area contributed by atoms with Crippen LogP contribution in [0.1, 0.15) is 51.4 Å². The molecule has 0 saturated carbocycles. The minimum atomic E-state index is 0.811. The third-order valence-corrected chi connectivity index (χ3v) is 4.31. The van der Waals surface area contributed by atoms with E-state index >= 15 is 0 Å². The summed E-state index contributed by atoms with van der Waals surface area (Å²) in [5, 5.41) is 0. The van der Waals surface area contributed by atoms with Crippen LogP contribution in [0.15, 0.2) is 54.6 Å². The number of unbranched alkanes of at least 4 members (excludes halogenated alkanes) is 7. The third-order valence-electron chi connectivity index (χ3n) is 4.31. The summed E-state index contributed by atoms with van der Waals surface area (Å²) in [4.78, 5) is 0. The van der Waals surface area contributed by atoms with Gasteiger partial charge in [0.25, 0.3) is 0 Å². The van der Waals surface area contributed by atoms with Crippen LogP contribution in [0.25, 0.3) is 11.1 Å². The van der Waals surface area contributed by atoms with E-state index in [-0.39, 0.29) is 0 Å². The molecule has 2 nitrogen and oxygen atoms in total. The minimum Gasteiger partial charge on any atom is -0.494 e. The molecule has 0 atom stereocenters. The predicted molar refractivity (Wildman–Crippen MR) is 103 cm³/mol. The molecule has 2 aromatic rings. The number of ether oxygens (including phenoxy) is 1. The van der Waals surface area contributed by atoms with Crippen molar-refractivity contribution in [3.05, 3.63) is 54.6 Å². The summed E-state index contributed by atoms with van der Waals surface area (Å²) in [6.45, 7) is 1.65. The second kappa shape index (κ2) is 11.7. The van der Waals surface area contributed by atoms with Gasteiger partial charge in [-0.2, -0.15) is 0 Å². The van der Waals surface area contributed by atoms with Crippen molar-refractivity contribution < 1.29 is 4.74 Å². The molecular weight excluding hydrogens is 294 g/mol. The summed E-state index contributed by atoms with van der Waals surface area (Å²) < 4.78 is 5.91. The molecule has 0 fully saturated rings. The zero-order chi connectivity index (χ0) is 16.9. The molecule has 0 aliphatic carbocycles. The molecule has 0 unspecified atom stereocenters. The van der Waals surface area contributed by atoms with Crippen LogP contribution in [0.2, 0.25) is 0 Å². The molecular formula is C22H31NO. The first-order valence-electron chi connectivity index (χ1n) is 9.38. The van der Waals surface area contributed by atoms with Crippen molar-refractivity contribution >= 4 is 0 Å². The van der Waals surface area contributed by atoms with Gasteiger partial charge in [-0.25, -0.2) is 0 Å². The maximum Gasteiger partial charge on any atom is 0.119 e. The van der Waals surface area contributed by atoms with Gasteiger partial charge in [-0.15, -0.1) is 0 Å². The molecule has 130 valence electrons. The van der Waals surface area contributed by atoms with Crippen molar-refractivity contribution in [2.24, 2.45) is 5.73 Å². The highest BCUT2D eigenvalue weighted by Gasteiger charge is 2.00. The van der Waals surface area contributed by atoms with E-state index in [0.717, 1.165) is 25.3 Å². The standard InChI is InChI=1S/C22H31NO/c23-17-10-5-3-1-2-4-6-11-18-24-22-16-12-15-21(19-22)20-13-8-7-9-14-20/h7-9,12-16,19H,1-6,10-11,17-18,23H2. The van der Waals surface area contributed by atoms with Gasteiger partial charge in [0.15, 0.2) is 0 Å². The van der Waals surface area contributed by atoms with Crippen LogP contribution >= 0.6 is 0 Å². The molecule has 2 N–H and O–H groups in total. The summed E-state index contributed by atoms with van der Waals surface area (Å²) in [6.07, 6.45) is 10.2. The first-order chi connectivity index (χ1) is 11.9. The Hall–Kier alpha value is -1.80. The quantitative estimate of drug-likeness (QED) is 0.500. The molecule has 2 rings (SSSR count). The number of hydrogen-bond donors (Lipinski definition) is 1. The van der Waals surface area contributed by atoms with Gasteiger partial charge in [-0.05, 0) is 42.6 Å². The van der Waals surface area contributed by atoms with Crippen molar-refractivity contribution in [2.75, 3.05) is 13.2 Å². The van der Waals surface area contributed by atoms with Crippen LogP contribution in [0.4, 0.5) is 0 Å². The minimum absolute atomic E-state index is 0.811. The lowest BCUT2D eigenvalue weighted by Gasteiger charge is -2.08. The van der Waals surface area contributed by atoms with Crippen LogP contribution in [-0.4, -0.2) is 13.2 Å².